The second-order valence-electron chi connectivity index (χ2n) is 11.0. The SMILES string of the molecule is CC(Cc1ccc(C(C)(C)C)cc1)CN1CC[C@H]2[C@H](C)[C@@H](O)CC[C@]2(C)C1. The first-order valence-electron chi connectivity index (χ1n) is 11.1. The van der Waals surface area contributed by atoms with E-state index in [1.807, 2.05) is 0 Å². The average Bonchev–Trinajstić information content (AvgIpc) is 2.58. The van der Waals surface area contributed by atoms with E-state index in [2.05, 4.69) is 70.7 Å². The van der Waals surface area contributed by atoms with Crippen molar-refractivity contribution in [1.29, 1.82) is 0 Å². The molecule has 1 aliphatic heterocycles. The van der Waals surface area contributed by atoms with Gasteiger partial charge in [0, 0.05) is 13.1 Å². The van der Waals surface area contributed by atoms with Gasteiger partial charge in [-0.05, 0) is 71.9 Å². The van der Waals surface area contributed by atoms with Gasteiger partial charge in [0.05, 0.1) is 6.10 Å². The smallest absolute Gasteiger partial charge is 0.0568 e. The van der Waals surface area contributed by atoms with E-state index >= 15 is 0 Å². The predicted octanol–water partition coefficient (Wildman–Crippen LogP) is 5.28. The van der Waals surface area contributed by atoms with E-state index in [0.29, 0.717) is 23.2 Å². The molecule has 2 nitrogen and oxygen atoms in total. The van der Waals surface area contributed by atoms with Crippen LogP contribution in [0.4, 0.5) is 0 Å². The Bertz CT molecular complexity index is 616. The van der Waals surface area contributed by atoms with E-state index in [4.69, 9.17) is 0 Å². The zero-order valence-corrected chi connectivity index (χ0v) is 18.5. The van der Waals surface area contributed by atoms with Crippen molar-refractivity contribution in [3.05, 3.63) is 35.4 Å². The molecule has 3 rings (SSSR count). The van der Waals surface area contributed by atoms with Gasteiger partial charge in [0.1, 0.15) is 0 Å². The first-order valence-corrected chi connectivity index (χ1v) is 11.1. The lowest BCUT2D eigenvalue weighted by atomic mass is 9.59. The van der Waals surface area contributed by atoms with Crippen molar-refractivity contribution in [2.75, 3.05) is 19.6 Å². The summed E-state index contributed by atoms with van der Waals surface area (Å²) in [7, 11) is 0. The summed E-state index contributed by atoms with van der Waals surface area (Å²) in [4.78, 5) is 2.70. The van der Waals surface area contributed by atoms with E-state index in [0.717, 1.165) is 12.8 Å². The molecule has 1 unspecified atom stereocenters. The first kappa shape index (κ1) is 20.9. The normalized spacial score (nSPS) is 33.5. The van der Waals surface area contributed by atoms with Crippen LogP contribution >= 0.6 is 0 Å². The summed E-state index contributed by atoms with van der Waals surface area (Å²) in [5, 5.41) is 10.3. The van der Waals surface area contributed by atoms with Crippen LogP contribution in [0.1, 0.15) is 71.9 Å². The average molecular weight is 372 g/mol. The Morgan fingerprint density at radius 1 is 1.19 bits per heavy atom. The zero-order valence-electron chi connectivity index (χ0n) is 18.5. The van der Waals surface area contributed by atoms with Gasteiger partial charge < -0.3 is 10.0 Å². The molecule has 1 aromatic carbocycles. The maximum Gasteiger partial charge on any atom is 0.0568 e. The van der Waals surface area contributed by atoms with E-state index < -0.39 is 0 Å². The molecule has 2 fully saturated rings. The number of nitrogens with zero attached hydrogens (tertiary/aromatic N) is 1. The van der Waals surface area contributed by atoms with Crippen LogP contribution in [0, 0.1) is 23.2 Å². The summed E-state index contributed by atoms with van der Waals surface area (Å²) in [6, 6.07) is 9.27. The molecule has 1 heterocycles. The van der Waals surface area contributed by atoms with Crippen molar-refractivity contribution in [3.63, 3.8) is 0 Å². The first-order chi connectivity index (χ1) is 12.6. The third kappa shape index (κ3) is 4.77. The number of benzene rings is 1. The molecule has 1 aromatic rings. The molecule has 152 valence electrons. The Labute approximate surface area is 167 Å². The number of piperidine rings is 1. The van der Waals surface area contributed by atoms with Crippen LogP contribution in [0.25, 0.3) is 0 Å². The van der Waals surface area contributed by atoms with Crippen LogP contribution in [0.3, 0.4) is 0 Å². The van der Waals surface area contributed by atoms with Crippen LogP contribution in [0.5, 0.6) is 0 Å². The molecule has 1 aliphatic carbocycles. The summed E-state index contributed by atoms with van der Waals surface area (Å²) in [6.45, 7) is 17.6. The Kier molecular flexibility index (Phi) is 6.08. The summed E-state index contributed by atoms with van der Waals surface area (Å²) in [6.07, 6.45) is 4.50. The van der Waals surface area contributed by atoms with Crippen molar-refractivity contribution in [2.24, 2.45) is 23.2 Å². The number of fused-ring (bicyclic) bond motifs is 1. The summed E-state index contributed by atoms with van der Waals surface area (Å²) in [5.41, 5.74) is 3.51. The second-order valence-corrected chi connectivity index (χ2v) is 11.0. The molecule has 0 radical (unpaired) electrons. The number of aliphatic hydroxyl groups excluding tert-OH is 1. The standard InChI is InChI=1S/C25H41NO/c1-18(15-20-7-9-21(10-8-20)24(3,4)5)16-26-14-12-22-19(2)23(27)11-13-25(22,6)17-26/h7-10,18-19,22-23,27H,11-17H2,1-6H3/t18?,19-,22-,23-,25+/m0/s1. The summed E-state index contributed by atoms with van der Waals surface area (Å²) >= 11 is 0. The quantitative estimate of drug-likeness (QED) is 0.778. The molecule has 0 aromatic heterocycles. The third-order valence-electron chi connectivity index (χ3n) is 7.46. The molecule has 0 spiro atoms. The number of likely N-dealkylation sites (tertiary alicyclic amines) is 1. The third-order valence-corrected chi connectivity index (χ3v) is 7.46. The van der Waals surface area contributed by atoms with E-state index in [9.17, 15) is 5.11 Å². The van der Waals surface area contributed by atoms with Crippen LogP contribution in [0.2, 0.25) is 0 Å². The lowest BCUT2D eigenvalue weighted by Gasteiger charge is -2.53. The van der Waals surface area contributed by atoms with E-state index in [1.54, 1.807) is 0 Å². The van der Waals surface area contributed by atoms with Gasteiger partial charge in [-0.15, -0.1) is 0 Å². The lowest BCUT2D eigenvalue weighted by molar-refractivity contribution is -0.0786. The molecule has 1 N–H and O–H groups in total. The van der Waals surface area contributed by atoms with Crippen LogP contribution in [-0.2, 0) is 11.8 Å². The van der Waals surface area contributed by atoms with Gasteiger partial charge in [-0.1, -0.05) is 65.8 Å². The maximum atomic E-state index is 10.3. The Morgan fingerprint density at radius 3 is 2.48 bits per heavy atom. The minimum absolute atomic E-state index is 0.0791. The number of hydrogen-bond donors (Lipinski definition) is 1. The fourth-order valence-electron chi connectivity index (χ4n) is 5.75. The van der Waals surface area contributed by atoms with Gasteiger partial charge in [-0.3, -0.25) is 0 Å². The molecule has 2 heteroatoms. The highest BCUT2D eigenvalue weighted by Crippen LogP contribution is 2.48. The molecule has 27 heavy (non-hydrogen) atoms. The van der Waals surface area contributed by atoms with Crippen LogP contribution < -0.4 is 0 Å². The monoisotopic (exact) mass is 371 g/mol. The minimum Gasteiger partial charge on any atom is -0.393 e. The second kappa shape index (κ2) is 7.87. The summed E-state index contributed by atoms with van der Waals surface area (Å²) < 4.78 is 0. The maximum absolute atomic E-state index is 10.3. The minimum atomic E-state index is -0.0791. The molecule has 0 amide bonds. The highest BCUT2D eigenvalue weighted by atomic mass is 16.3. The molecule has 1 saturated carbocycles. The van der Waals surface area contributed by atoms with Gasteiger partial charge in [-0.2, -0.15) is 0 Å². The topological polar surface area (TPSA) is 23.5 Å². The Morgan fingerprint density at radius 2 is 1.85 bits per heavy atom. The van der Waals surface area contributed by atoms with Crippen molar-refractivity contribution >= 4 is 0 Å². The fraction of sp³-hybridized carbons (Fsp3) is 0.760. The number of aliphatic hydroxyl groups is 1. The van der Waals surface area contributed by atoms with Crippen LogP contribution in [0.15, 0.2) is 24.3 Å². The van der Waals surface area contributed by atoms with Crippen molar-refractivity contribution in [1.82, 2.24) is 4.90 Å². The van der Waals surface area contributed by atoms with Gasteiger partial charge in [0.15, 0.2) is 0 Å². The molecule has 2 aliphatic rings. The molecule has 0 bridgehead atoms. The fourth-order valence-corrected chi connectivity index (χ4v) is 5.75. The van der Waals surface area contributed by atoms with Crippen molar-refractivity contribution in [3.8, 4) is 0 Å². The van der Waals surface area contributed by atoms with Gasteiger partial charge in [0.2, 0.25) is 0 Å². The lowest BCUT2D eigenvalue weighted by Crippen LogP contribution is -2.54. The summed E-state index contributed by atoms with van der Waals surface area (Å²) in [5.74, 6) is 1.83. The van der Waals surface area contributed by atoms with Gasteiger partial charge >= 0.3 is 0 Å². The largest absolute Gasteiger partial charge is 0.393 e. The van der Waals surface area contributed by atoms with Gasteiger partial charge in [-0.25, -0.2) is 0 Å². The highest BCUT2D eigenvalue weighted by Gasteiger charge is 2.47. The number of hydrogen-bond acceptors (Lipinski definition) is 2. The number of rotatable bonds is 4. The molecular formula is C25H41NO. The highest BCUT2D eigenvalue weighted by molar-refractivity contribution is 5.27. The van der Waals surface area contributed by atoms with Crippen LogP contribution in [-0.4, -0.2) is 35.7 Å². The van der Waals surface area contributed by atoms with Crippen molar-refractivity contribution in [2.45, 2.75) is 78.7 Å². The Hall–Kier alpha value is -0.860. The molecular weight excluding hydrogens is 330 g/mol. The van der Waals surface area contributed by atoms with E-state index in [1.165, 1.54) is 43.6 Å². The molecule has 1 saturated heterocycles. The zero-order chi connectivity index (χ0) is 19.8. The predicted molar refractivity (Wildman–Crippen MR) is 115 cm³/mol. The van der Waals surface area contributed by atoms with E-state index in [-0.39, 0.29) is 11.5 Å². The Balaban J connectivity index is 1.55. The molecule has 5 atom stereocenters. The van der Waals surface area contributed by atoms with Gasteiger partial charge in [0.25, 0.3) is 0 Å². The van der Waals surface area contributed by atoms with Crippen molar-refractivity contribution < 1.29 is 5.11 Å².